The monoisotopic (exact) mass is 555 g/mol. The third-order valence-corrected chi connectivity index (χ3v) is 9.28. The van der Waals surface area contributed by atoms with Crippen LogP contribution in [-0.4, -0.2) is 76.4 Å². The van der Waals surface area contributed by atoms with Crippen LogP contribution in [0.5, 0.6) is 0 Å². The van der Waals surface area contributed by atoms with Crippen molar-refractivity contribution in [2.24, 2.45) is 5.41 Å². The van der Waals surface area contributed by atoms with Crippen LogP contribution < -0.4 is 14.9 Å². The molecule has 6 rings (SSSR count). The molecule has 0 amide bonds. The number of hydrogen-bond acceptors (Lipinski definition) is 11. The highest BCUT2D eigenvalue weighted by Crippen LogP contribution is 2.54. The van der Waals surface area contributed by atoms with E-state index in [-0.39, 0.29) is 23.8 Å². The highest BCUT2D eigenvalue weighted by Gasteiger charge is 2.45. The molecule has 2 saturated carbocycles. The predicted molar refractivity (Wildman–Crippen MR) is 146 cm³/mol. The Morgan fingerprint density at radius 2 is 1.74 bits per heavy atom. The van der Waals surface area contributed by atoms with E-state index in [1.54, 1.807) is 24.3 Å². The van der Waals surface area contributed by atoms with Crippen LogP contribution in [0, 0.1) is 12.3 Å². The number of piperidine rings is 1. The molecular formula is C26H33N7O5S. The van der Waals surface area contributed by atoms with Gasteiger partial charge in [0.25, 0.3) is 5.89 Å². The number of aliphatic hydroxyl groups excluding tert-OH is 2. The van der Waals surface area contributed by atoms with Gasteiger partial charge in [0, 0.05) is 18.8 Å². The Bertz CT molecular complexity index is 1470. The lowest BCUT2D eigenvalue weighted by Crippen LogP contribution is -2.34. The summed E-state index contributed by atoms with van der Waals surface area (Å²) in [5.41, 5.74) is 3.22. The molecule has 2 aliphatic carbocycles. The van der Waals surface area contributed by atoms with Crippen LogP contribution in [-0.2, 0) is 10.0 Å². The third kappa shape index (κ3) is 5.56. The summed E-state index contributed by atoms with van der Waals surface area (Å²) in [6.45, 7) is 3.11. The topological polar surface area (TPSA) is 167 Å². The first-order valence-corrected chi connectivity index (χ1v) is 15.0. The van der Waals surface area contributed by atoms with Gasteiger partial charge in [-0.3, -0.25) is 4.72 Å². The van der Waals surface area contributed by atoms with Crippen LogP contribution in [0.4, 0.5) is 17.3 Å². The van der Waals surface area contributed by atoms with Crippen LogP contribution in [0.2, 0.25) is 0 Å². The largest absolute Gasteiger partial charge is 0.415 e. The average molecular weight is 556 g/mol. The Labute approximate surface area is 226 Å². The number of aryl methyl sites for hydroxylation is 1. The van der Waals surface area contributed by atoms with E-state index in [9.17, 15) is 13.5 Å². The number of nitrogens with zero attached hydrogens (tertiary/aromatic N) is 5. The zero-order valence-electron chi connectivity index (χ0n) is 21.9. The van der Waals surface area contributed by atoms with Crippen molar-refractivity contribution in [2.45, 2.75) is 51.0 Å². The molecule has 3 heterocycles. The van der Waals surface area contributed by atoms with E-state index in [0.29, 0.717) is 34.2 Å². The van der Waals surface area contributed by atoms with E-state index < -0.39 is 16.6 Å². The summed E-state index contributed by atoms with van der Waals surface area (Å²) in [5.74, 6) is 0.564. The first-order chi connectivity index (χ1) is 18.7. The zero-order valence-corrected chi connectivity index (χ0v) is 22.7. The standard InChI is InChI=1S/C26H33N7O5S/c1-17-14-20(28-24(27-17)29-26(16-35)6-7-26)23-31-30-22(38-23)19-3-2-18(32-39(36,37)13-12-34)15-21(19)33-10-8-25(4-5-25)9-11-33/h2-3,14-15,32,34-35H,4-13,16H2,1H3,(H,27,28,29). The molecule has 12 nitrogen and oxygen atoms in total. The number of rotatable bonds is 10. The first-order valence-electron chi connectivity index (χ1n) is 13.3. The summed E-state index contributed by atoms with van der Waals surface area (Å²) < 4.78 is 33.3. The lowest BCUT2D eigenvalue weighted by Gasteiger charge is -2.35. The van der Waals surface area contributed by atoms with Crippen LogP contribution in [0.3, 0.4) is 0 Å². The number of nitrogens with one attached hydrogen (secondary N) is 2. The molecule has 1 spiro atoms. The number of anilines is 3. The Morgan fingerprint density at radius 3 is 2.41 bits per heavy atom. The molecule has 1 aromatic carbocycles. The van der Waals surface area contributed by atoms with Crippen molar-refractivity contribution in [1.29, 1.82) is 0 Å². The minimum atomic E-state index is -3.67. The smallest absolute Gasteiger partial charge is 0.266 e. The minimum absolute atomic E-state index is 0.0108. The molecule has 0 unspecified atom stereocenters. The second kappa shape index (κ2) is 9.72. The fourth-order valence-corrected chi connectivity index (χ4v) is 6.00. The van der Waals surface area contributed by atoms with Gasteiger partial charge < -0.3 is 24.8 Å². The van der Waals surface area contributed by atoms with Crippen molar-refractivity contribution in [2.75, 3.05) is 47.0 Å². The van der Waals surface area contributed by atoms with Gasteiger partial charge in [-0.05, 0) is 75.1 Å². The molecular weight excluding hydrogens is 522 g/mol. The molecule has 1 aliphatic heterocycles. The van der Waals surface area contributed by atoms with Crippen LogP contribution in [0.15, 0.2) is 28.7 Å². The second-order valence-corrected chi connectivity index (χ2v) is 12.9. The van der Waals surface area contributed by atoms with Gasteiger partial charge in [-0.2, -0.15) is 0 Å². The summed E-state index contributed by atoms with van der Waals surface area (Å²) in [4.78, 5) is 11.2. The normalized spacial score (nSPS) is 19.2. The number of benzene rings is 1. The maximum absolute atomic E-state index is 12.3. The predicted octanol–water partition coefficient (Wildman–Crippen LogP) is 2.55. The maximum atomic E-state index is 12.3. The minimum Gasteiger partial charge on any atom is -0.415 e. The molecule has 2 aromatic heterocycles. The summed E-state index contributed by atoms with van der Waals surface area (Å²) in [6, 6.07) is 6.99. The maximum Gasteiger partial charge on any atom is 0.266 e. The quantitative estimate of drug-likeness (QED) is 0.290. The van der Waals surface area contributed by atoms with Gasteiger partial charge in [0.05, 0.1) is 41.4 Å². The van der Waals surface area contributed by atoms with Gasteiger partial charge >= 0.3 is 0 Å². The highest BCUT2D eigenvalue weighted by molar-refractivity contribution is 7.92. The number of hydrogen-bond donors (Lipinski definition) is 4. The molecule has 39 heavy (non-hydrogen) atoms. The molecule has 3 aliphatic rings. The molecule has 3 aromatic rings. The highest BCUT2D eigenvalue weighted by atomic mass is 32.2. The van der Waals surface area contributed by atoms with Crippen molar-refractivity contribution in [3.05, 3.63) is 30.0 Å². The second-order valence-electron chi connectivity index (χ2n) is 11.1. The van der Waals surface area contributed by atoms with Gasteiger partial charge in [-0.25, -0.2) is 18.4 Å². The Balaban J connectivity index is 1.31. The van der Waals surface area contributed by atoms with Crippen molar-refractivity contribution in [1.82, 2.24) is 20.2 Å². The zero-order chi connectivity index (χ0) is 27.3. The molecule has 0 bridgehead atoms. The Kier molecular flexibility index (Phi) is 6.47. The van der Waals surface area contributed by atoms with Gasteiger partial charge in [0.15, 0.2) is 0 Å². The Morgan fingerprint density at radius 1 is 1.00 bits per heavy atom. The summed E-state index contributed by atoms with van der Waals surface area (Å²) >= 11 is 0. The Hall–Kier alpha value is -3.29. The average Bonchev–Trinajstić information content (AvgIpc) is 3.80. The van der Waals surface area contributed by atoms with Gasteiger partial charge in [-0.15, -0.1) is 10.2 Å². The summed E-state index contributed by atoms with van der Waals surface area (Å²) in [7, 11) is -3.67. The van der Waals surface area contributed by atoms with Crippen molar-refractivity contribution < 1.29 is 23.0 Å². The summed E-state index contributed by atoms with van der Waals surface area (Å²) in [6.07, 6.45) is 6.44. The molecule has 4 N–H and O–H groups in total. The lowest BCUT2D eigenvalue weighted by molar-refractivity contribution is 0.265. The van der Waals surface area contributed by atoms with E-state index in [2.05, 4.69) is 35.1 Å². The fraction of sp³-hybridized carbons (Fsp3) is 0.538. The summed E-state index contributed by atoms with van der Waals surface area (Å²) in [5, 5.41) is 30.6. The number of aliphatic hydroxyl groups is 2. The van der Waals surface area contributed by atoms with Crippen molar-refractivity contribution in [3.8, 4) is 23.0 Å². The van der Waals surface area contributed by atoms with Crippen LogP contribution in [0.25, 0.3) is 23.0 Å². The van der Waals surface area contributed by atoms with E-state index in [4.69, 9.17) is 9.52 Å². The van der Waals surface area contributed by atoms with E-state index in [0.717, 1.165) is 50.2 Å². The van der Waals surface area contributed by atoms with Gasteiger partial charge in [0.2, 0.25) is 21.9 Å². The van der Waals surface area contributed by atoms with E-state index >= 15 is 0 Å². The van der Waals surface area contributed by atoms with Gasteiger partial charge in [0.1, 0.15) is 5.69 Å². The molecule has 0 radical (unpaired) electrons. The lowest BCUT2D eigenvalue weighted by atomic mass is 9.93. The number of aromatic nitrogens is 4. The number of sulfonamides is 1. The third-order valence-electron chi connectivity index (χ3n) is 8.01. The molecule has 13 heteroatoms. The van der Waals surface area contributed by atoms with E-state index in [1.807, 2.05) is 6.92 Å². The van der Waals surface area contributed by atoms with Crippen molar-refractivity contribution in [3.63, 3.8) is 0 Å². The first kappa shape index (κ1) is 26.0. The molecule has 0 atom stereocenters. The van der Waals surface area contributed by atoms with Crippen LogP contribution in [0.1, 0.15) is 44.2 Å². The molecule has 3 fully saturated rings. The van der Waals surface area contributed by atoms with E-state index in [1.165, 1.54) is 12.8 Å². The SMILES string of the molecule is Cc1cc(-c2nnc(-c3ccc(NS(=O)(=O)CCO)cc3N3CCC4(CC3)CC4)o2)nc(NC2(CO)CC2)n1. The molecule has 208 valence electrons. The fourth-order valence-electron chi connectivity index (χ4n) is 5.17. The van der Waals surface area contributed by atoms with Crippen LogP contribution >= 0.6 is 0 Å². The molecule has 1 saturated heterocycles. The van der Waals surface area contributed by atoms with Crippen molar-refractivity contribution >= 4 is 27.3 Å². The van der Waals surface area contributed by atoms with Gasteiger partial charge in [-0.1, -0.05) is 0 Å².